The fourth-order valence-electron chi connectivity index (χ4n) is 2.12. The van der Waals surface area contributed by atoms with Crippen molar-refractivity contribution in [2.75, 3.05) is 13.2 Å². The lowest BCUT2D eigenvalue weighted by Gasteiger charge is -2.03. The lowest BCUT2D eigenvalue weighted by molar-refractivity contribution is -0.116. The first-order valence-corrected chi connectivity index (χ1v) is 7.73. The number of hydrogen-bond acceptors (Lipinski definition) is 5. The fraction of sp³-hybridized carbons (Fsp3) is 0.222. The first-order valence-electron chi connectivity index (χ1n) is 7.73. The molecule has 0 aliphatic carbocycles. The van der Waals surface area contributed by atoms with Crippen LogP contribution in [0.1, 0.15) is 18.1 Å². The molecular weight excluding hydrogens is 308 g/mol. The zero-order valence-corrected chi connectivity index (χ0v) is 13.1. The lowest BCUT2D eigenvalue weighted by atomic mass is 10.3. The maximum absolute atomic E-state index is 11.7. The Balaban J connectivity index is 1.34. The third-order valence-corrected chi connectivity index (χ3v) is 3.28. The largest absolute Gasteiger partial charge is 0.467 e. The quantitative estimate of drug-likeness (QED) is 0.508. The molecule has 24 heavy (non-hydrogen) atoms. The summed E-state index contributed by atoms with van der Waals surface area (Å²) in [6.45, 7) is 1.53. The second-order valence-electron chi connectivity index (χ2n) is 5.13. The van der Waals surface area contributed by atoms with Gasteiger partial charge in [0, 0.05) is 25.3 Å². The van der Waals surface area contributed by atoms with Crippen molar-refractivity contribution in [1.29, 1.82) is 0 Å². The molecule has 3 aromatic rings. The van der Waals surface area contributed by atoms with E-state index < -0.39 is 0 Å². The van der Waals surface area contributed by atoms with E-state index in [1.807, 2.05) is 36.4 Å². The van der Waals surface area contributed by atoms with Crippen molar-refractivity contribution in [3.63, 3.8) is 0 Å². The van der Waals surface area contributed by atoms with E-state index in [2.05, 4.69) is 10.3 Å². The van der Waals surface area contributed by atoms with Crippen molar-refractivity contribution in [2.24, 2.45) is 0 Å². The van der Waals surface area contributed by atoms with Gasteiger partial charge in [0.1, 0.15) is 17.9 Å². The van der Waals surface area contributed by atoms with Crippen LogP contribution >= 0.6 is 0 Å². The lowest BCUT2D eigenvalue weighted by Crippen LogP contribution is -2.23. The number of hydrogen-bond donors (Lipinski definition) is 1. The number of oxazole rings is 1. The van der Waals surface area contributed by atoms with Crippen LogP contribution < -0.4 is 5.32 Å². The highest BCUT2D eigenvalue weighted by Gasteiger charge is 2.02. The van der Waals surface area contributed by atoms with Crippen LogP contribution in [0.5, 0.6) is 0 Å². The zero-order chi connectivity index (χ0) is 16.6. The van der Waals surface area contributed by atoms with E-state index in [0.29, 0.717) is 31.2 Å². The Morgan fingerprint density at radius 3 is 3.00 bits per heavy atom. The minimum atomic E-state index is -0.191. The monoisotopic (exact) mass is 326 g/mol. The van der Waals surface area contributed by atoms with E-state index in [4.69, 9.17) is 13.6 Å². The molecular formula is C18H18N2O4. The molecule has 0 saturated carbocycles. The highest BCUT2D eigenvalue weighted by molar-refractivity contribution is 5.91. The Hall–Kier alpha value is -2.86. The molecule has 124 valence electrons. The van der Waals surface area contributed by atoms with Gasteiger partial charge >= 0.3 is 0 Å². The van der Waals surface area contributed by atoms with Gasteiger partial charge in [-0.2, -0.15) is 0 Å². The minimum absolute atomic E-state index is 0.191. The van der Waals surface area contributed by atoms with Gasteiger partial charge in [-0.05, 0) is 30.7 Å². The third kappa shape index (κ3) is 4.57. The van der Waals surface area contributed by atoms with Gasteiger partial charge < -0.3 is 18.9 Å². The Morgan fingerprint density at radius 1 is 1.25 bits per heavy atom. The maximum atomic E-state index is 11.7. The average molecular weight is 326 g/mol. The van der Waals surface area contributed by atoms with E-state index in [1.165, 1.54) is 6.08 Å². The number of nitrogens with one attached hydrogen (secondary N) is 1. The van der Waals surface area contributed by atoms with Gasteiger partial charge in [-0.3, -0.25) is 4.79 Å². The highest BCUT2D eigenvalue weighted by Crippen LogP contribution is 2.15. The summed E-state index contributed by atoms with van der Waals surface area (Å²) in [5, 5.41) is 2.78. The van der Waals surface area contributed by atoms with Gasteiger partial charge in [-0.25, -0.2) is 4.98 Å². The van der Waals surface area contributed by atoms with Gasteiger partial charge in [0.05, 0.1) is 6.26 Å². The second kappa shape index (κ2) is 8.12. The van der Waals surface area contributed by atoms with E-state index in [9.17, 15) is 4.79 Å². The SMILES string of the molecule is O=C(C=Cc1nc2ccccc2o1)NCCCOCc1ccco1. The zero-order valence-electron chi connectivity index (χ0n) is 13.1. The van der Waals surface area contributed by atoms with Crippen molar-refractivity contribution < 1.29 is 18.4 Å². The van der Waals surface area contributed by atoms with E-state index >= 15 is 0 Å². The molecule has 6 nitrogen and oxygen atoms in total. The molecule has 3 rings (SSSR count). The number of carbonyl (C=O) groups is 1. The Kier molecular flexibility index (Phi) is 5.42. The summed E-state index contributed by atoms with van der Waals surface area (Å²) in [6, 6.07) is 11.1. The number of carbonyl (C=O) groups excluding carboxylic acids is 1. The summed E-state index contributed by atoms with van der Waals surface area (Å²) in [7, 11) is 0. The summed E-state index contributed by atoms with van der Waals surface area (Å²) in [4.78, 5) is 16.0. The van der Waals surface area contributed by atoms with E-state index in [1.54, 1.807) is 12.3 Å². The minimum Gasteiger partial charge on any atom is -0.467 e. The molecule has 0 spiro atoms. The average Bonchev–Trinajstić information content (AvgIpc) is 3.25. The number of amides is 1. The predicted molar refractivity (Wildman–Crippen MR) is 89.0 cm³/mol. The number of aromatic nitrogens is 1. The smallest absolute Gasteiger partial charge is 0.244 e. The highest BCUT2D eigenvalue weighted by atomic mass is 16.5. The molecule has 2 aromatic heterocycles. The van der Waals surface area contributed by atoms with Crippen molar-refractivity contribution in [3.8, 4) is 0 Å². The number of rotatable bonds is 8. The van der Waals surface area contributed by atoms with Crippen molar-refractivity contribution in [3.05, 3.63) is 60.4 Å². The molecule has 0 aliphatic rings. The van der Waals surface area contributed by atoms with Crippen molar-refractivity contribution >= 4 is 23.1 Å². The van der Waals surface area contributed by atoms with Crippen LogP contribution in [0.25, 0.3) is 17.2 Å². The number of benzene rings is 1. The number of para-hydroxylation sites is 2. The molecule has 0 bridgehead atoms. The van der Waals surface area contributed by atoms with Crippen LogP contribution in [-0.4, -0.2) is 24.0 Å². The Bertz CT molecular complexity index is 772. The fourth-order valence-corrected chi connectivity index (χ4v) is 2.12. The van der Waals surface area contributed by atoms with Crippen LogP contribution in [0, 0.1) is 0 Å². The number of fused-ring (bicyclic) bond motifs is 1. The molecule has 0 aliphatic heterocycles. The summed E-state index contributed by atoms with van der Waals surface area (Å²) >= 11 is 0. The molecule has 0 unspecified atom stereocenters. The van der Waals surface area contributed by atoms with Gasteiger partial charge in [0.15, 0.2) is 5.58 Å². The molecule has 0 radical (unpaired) electrons. The molecule has 2 heterocycles. The number of furan rings is 1. The first-order chi connectivity index (χ1) is 11.8. The Labute approximate surface area is 139 Å². The van der Waals surface area contributed by atoms with Gasteiger partial charge in [-0.1, -0.05) is 12.1 Å². The Morgan fingerprint density at radius 2 is 2.17 bits per heavy atom. The molecule has 0 saturated heterocycles. The summed E-state index contributed by atoms with van der Waals surface area (Å²) in [5.74, 6) is 1.01. The maximum Gasteiger partial charge on any atom is 0.244 e. The molecule has 6 heteroatoms. The van der Waals surface area contributed by atoms with Gasteiger partial charge in [0.2, 0.25) is 11.8 Å². The summed E-state index contributed by atoms with van der Waals surface area (Å²) < 4.78 is 16.1. The van der Waals surface area contributed by atoms with Crippen LogP contribution in [0.2, 0.25) is 0 Å². The summed E-state index contributed by atoms with van der Waals surface area (Å²) in [5.41, 5.74) is 1.47. The summed E-state index contributed by atoms with van der Waals surface area (Å²) in [6.07, 6.45) is 5.31. The van der Waals surface area contributed by atoms with Gasteiger partial charge in [0.25, 0.3) is 0 Å². The first kappa shape index (κ1) is 16.0. The van der Waals surface area contributed by atoms with Crippen LogP contribution in [-0.2, 0) is 16.1 Å². The van der Waals surface area contributed by atoms with E-state index in [-0.39, 0.29) is 5.91 Å². The van der Waals surface area contributed by atoms with Crippen LogP contribution in [0.4, 0.5) is 0 Å². The van der Waals surface area contributed by atoms with Crippen LogP contribution in [0.15, 0.2) is 57.6 Å². The van der Waals surface area contributed by atoms with E-state index in [0.717, 1.165) is 17.7 Å². The van der Waals surface area contributed by atoms with Crippen molar-refractivity contribution in [1.82, 2.24) is 10.3 Å². The molecule has 0 fully saturated rings. The standard InChI is InChI=1S/C18H18N2O4/c21-17(19-10-4-11-22-13-14-5-3-12-23-14)8-9-18-20-15-6-1-2-7-16(15)24-18/h1-3,5-9,12H,4,10-11,13H2,(H,19,21). The predicted octanol–water partition coefficient (Wildman–Crippen LogP) is 3.16. The molecule has 1 N–H and O–H groups in total. The third-order valence-electron chi connectivity index (χ3n) is 3.28. The topological polar surface area (TPSA) is 77.5 Å². The number of nitrogens with zero attached hydrogens (tertiary/aromatic N) is 1. The van der Waals surface area contributed by atoms with Gasteiger partial charge in [-0.15, -0.1) is 0 Å². The molecule has 1 aromatic carbocycles. The van der Waals surface area contributed by atoms with Crippen LogP contribution in [0.3, 0.4) is 0 Å². The number of ether oxygens (including phenoxy) is 1. The van der Waals surface area contributed by atoms with Crippen molar-refractivity contribution in [2.45, 2.75) is 13.0 Å². The molecule has 1 amide bonds. The molecule has 0 atom stereocenters. The second-order valence-corrected chi connectivity index (χ2v) is 5.13. The normalized spacial score (nSPS) is 11.3.